The third-order valence-corrected chi connectivity index (χ3v) is 5.30. The molecule has 3 rings (SSSR count). The second-order valence-electron chi connectivity index (χ2n) is 5.89. The Hall–Kier alpha value is -1.64. The summed E-state index contributed by atoms with van der Waals surface area (Å²) >= 11 is 0. The van der Waals surface area contributed by atoms with Crippen molar-refractivity contribution < 1.29 is 13.2 Å². The van der Waals surface area contributed by atoms with E-state index in [0.717, 1.165) is 31.6 Å². The van der Waals surface area contributed by atoms with Crippen molar-refractivity contribution in [3.05, 3.63) is 29.8 Å². The van der Waals surface area contributed by atoms with Gasteiger partial charge in [-0.25, -0.2) is 18.1 Å². The summed E-state index contributed by atoms with van der Waals surface area (Å²) in [5.41, 5.74) is 1.02. The number of rotatable bonds is 4. The highest BCUT2D eigenvalue weighted by atomic mass is 32.2. The molecule has 8 heteroatoms. The van der Waals surface area contributed by atoms with Gasteiger partial charge in [0.1, 0.15) is 0 Å². The monoisotopic (exact) mass is 338 g/mol. The Kier molecular flexibility index (Phi) is 4.84. The number of nitrogens with one attached hydrogen (secondary N) is 2. The van der Waals surface area contributed by atoms with Crippen LogP contribution in [0.25, 0.3) is 0 Å². The van der Waals surface area contributed by atoms with Crippen LogP contribution >= 0.6 is 0 Å². The molecule has 0 spiro atoms. The summed E-state index contributed by atoms with van der Waals surface area (Å²) in [6.07, 6.45) is 2.45. The van der Waals surface area contributed by atoms with Gasteiger partial charge in [0.25, 0.3) is 10.0 Å². The number of ether oxygens (including phenoxy) is 1. The lowest BCUT2D eigenvalue weighted by atomic mass is 10.2. The van der Waals surface area contributed by atoms with E-state index in [0.29, 0.717) is 13.3 Å². The van der Waals surface area contributed by atoms with Crippen molar-refractivity contribution in [1.29, 1.82) is 0 Å². The molecule has 2 heterocycles. The first-order valence-corrected chi connectivity index (χ1v) is 9.23. The summed E-state index contributed by atoms with van der Waals surface area (Å²) in [5, 5.41) is 3.01. The van der Waals surface area contributed by atoms with Crippen molar-refractivity contribution in [2.24, 2.45) is 4.99 Å². The predicted octanol–water partition coefficient (Wildman–Crippen LogP) is 0.629. The zero-order valence-corrected chi connectivity index (χ0v) is 14.0. The quantitative estimate of drug-likeness (QED) is 0.841. The lowest BCUT2D eigenvalue weighted by Gasteiger charge is -2.28. The lowest BCUT2D eigenvalue weighted by molar-refractivity contribution is 0.0714. The third-order valence-electron chi connectivity index (χ3n) is 3.95. The van der Waals surface area contributed by atoms with Gasteiger partial charge in [-0.05, 0) is 31.9 Å². The number of benzene rings is 1. The number of aliphatic imine (C=N–C) groups is 1. The summed E-state index contributed by atoms with van der Waals surface area (Å²) in [6, 6.07) is 6.72. The smallest absolute Gasteiger partial charge is 0.264 e. The van der Waals surface area contributed by atoms with E-state index in [1.807, 2.05) is 6.92 Å². The first kappa shape index (κ1) is 16.2. The fourth-order valence-electron chi connectivity index (χ4n) is 2.63. The van der Waals surface area contributed by atoms with Crippen LogP contribution in [0, 0.1) is 6.92 Å². The van der Waals surface area contributed by atoms with E-state index in [-0.39, 0.29) is 17.0 Å². The zero-order chi connectivity index (χ0) is 16.3. The molecule has 1 fully saturated rings. The first-order chi connectivity index (χ1) is 11.0. The van der Waals surface area contributed by atoms with Gasteiger partial charge in [-0.3, -0.25) is 4.90 Å². The van der Waals surface area contributed by atoms with Crippen LogP contribution in [0.2, 0.25) is 0 Å². The van der Waals surface area contributed by atoms with Crippen LogP contribution in [0.1, 0.15) is 18.4 Å². The van der Waals surface area contributed by atoms with E-state index >= 15 is 0 Å². The van der Waals surface area contributed by atoms with Crippen LogP contribution in [0.5, 0.6) is 0 Å². The minimum Gasteiger partial charge on any atom is -0.377 e. The molecule has 0 radical (unpaired) electrons. The number of aryl methyl sites for hydroxylation is 1. The van der Waals surface area contributed by atoms with Crippen LogP contribution < -0.4 is 10.0 Å². The molecule has 1 aromatic carbocycles. The van der Waals surface area contributed by atoms with Crippen LogP contribution in [0.3, 0.4) is 0 Å². The second-order valence-corrected chi connectivity index (χ2v) is 7.57. The van der Waals surface area contributed by atoms with E-state index in [9.17, 15) is 8.42 Å². The van der Waals surface area contributed by atoms with E-state index < -0.39 is 10.0 Å². The van der Waals surface area contributed by atoms with Gasteiger partial charge in [0, 0.05) is 13.2 Å². The molecule has 2 aliphatic rings. The van der Waals surface area contributed by atoms with Gasteiger partial charge < -0.3 is 10.1 Å². The van der Waals surface area contributed by atoms with Gasteiger partial charge in [0.2, 0.25) is 5.96 Å². The van der Waals surface area contributed by atoms with E-state index in [1.54, 1.807) is 24.3 Å². The molecule has 0 aromatic heterocycles. The molecule has 1 saturated heterocycles. The van der Waals surface area contributed by atoms with Crippen LogP contribution in [-0.2, 0) is 14.8 Å². The average molecular weight is 338 g/mol. The molecule has 2 aliphatic heterocycles. The van der Waals surface area contributed by atoms with Crippen LogP contribution in [0.15, 0.2) is 34.2 Å². The van der Waals surface area contributed by atoms with Crippen molar-refractivity contribution in [3.63, 3.8) is 0 Å². The number of hydrogen-bond acceptors (Lipinski definition) is 6. The summed E-state index contributed by atoms with van der Waals surface area (Å²) < 4.78 is 32.7. The Labute approximate surface area is 136 Å². The minimum absolute atomic E-state index is 0.231. The van der Waals surface area contributed by atoms with Crippen LogP contribution in [-0.4, -0.2) is 51.9 Å². The standard InChI is InChI=1S/C15H22N4O3S/c1-12-4-6-14(7-5-12)23(20,21)18-15-16-10-19(11-17-15)9-13-3-2-8-22-13/h4-7,13H,2-3,8-11H2,1H3,(H2,16,17,18)/t13-/m1/s1. The fraction of sp³-hybridized carbons (Fsp3) is 0.533. The van der Waals surface area contributed by atoms with Crippen molar-refractivity contribution in [3.8, 4) is 0 Å². The third kappa shape index (κ3) is 4.21. The topological polar surface area (TPSA) is 83.0 Å². The minimum atomic E-state index is -3.60. The van der Waals surface area contributed by atoms with Crippen molar-refractivity contribution in [1.82, 2.24) is 14.9 Å². The highest BCUT2D eigenvalue weighted by Crippen LogP contribution is 2.14. The normalized spacial score (nSPS) is 22.5. The maximum Gasteiger partial charge on any atom is 0.264 e. The predicted molar refractivity (Wildman–Crippen MR) is 87.5 cm³/mol. The number of hydrogen-bond donors (Lipinski definition) is 2. The van der Waals surface area contributed by atoms with Crippen molar-refractivity contribution in [2.45, 2.75) is 30.8 Å². The Morgan fingerprint density at radius 1 is 1.39 bits per heavy atom. The van der Waals surface area contributed by atoms with Gasteiger partial charge in [0.15, 0.2) is 0 Å². The highest BCUT2D eigenvalue weighted by molar-refractivity contribution is 7.90. The van der Waals surface area contributed by atoms with E-state index in [1.165, 1.54) is 0 Å². The molecule has 1 atom stereocenters. The zero-order valence-electron chi connectivity index (χ0n) is 13.2. The summed E-state index contributed by atoms with van der Waals surface area (Å²) in [7, 11) is -3.60. The molecular formula is C15H22N4O3S. The number of nitrogens with zero attached hydrogens (tertiary/aromatic N) is 2. The molecule has 0 saturated carbocycles. The Morgan fingerprint density at radius 2 is 2.17 bits per heavy atom. The molecule has 0 aliphatic carbocycles. The maximum atomic E-state index is 12.3. The van der Waals surface area contributed by atoms with E-state index in [4.69, 9.17) is 4.74 Å². The van der Waals surface area contributed by atoms with Crippen molar-refractivity contribution in [2.75, 3.05) is 26.5 Å². The lowest BCUT2D eigenvalue weighted by Crippen LogP contribution is -2.51. The van der Waals surface area contributed by atoms with E-state index in [2.05, 4.69) is 19.9 Å². The number of guanidine groups is 1. The molecule has 7 nitrogen and oxygen atoms in total. The molecular weight excluding hydrogens is 316 g/mol. The molecule has 126 valence electrons. The molecule has 0 bridgehead atoms. The second kappa shape index (κ2) is 6.86. The Morgan fingerprint density at radius 3 is 2.78 bits per heavy atom. The summed E-state index contributed by atoms with van der Waals surface area (Å²) in [6.45, 7) is 4.57. The Bertz CT molecular complexity index is 666. The molecule has 2 N–H and O–H groups in total. The molecule has 1 aromatic rings. The summed E-state index contributed by atoms with van der Waals surface area (Å²) in [5.74, 6) is 0.286. The van der Waals surface area contributed by atoms with Gasteiger partial charge in [-0.1, -0.05) is 17.7 Å². The fourth-order valence-corrected chi connectivity index (χ4v) is 3.64. The van der Waals surface area contributed by atoms with Gasteiger partial charge in [0.05, 0.1) is 24.3 Å². The van der Waals surface area contributed by atoms with Gasteiger partial charge in [-0.15, -0.1) is 0 Å². The maximum absolute atomic E-state index is 12.3. The SMILES string of the molecule is Cc1ccc(S(=O)(=O)NC2=NCN(C[C@H]3CCCO3)CN2)cc1. The average Bonchev–Trinajstić information content (AvgIpc) is 3.02. The van der Waals surface area contributed by atoms with Crippen molar-refractivity contribution >= 4 is 16.0 Å². The van der Waals surface area contributed by atoms with Crippen LogP contribution in [0.4, 0.5) is 0 Å². The molecule has 0 amide bonds. The first-order valence-electron chi connectivity index (χ1n) is 7.75. The summed E-state index contributed by atoms with van der Waals surface area (Å²) in [4.78, 5) is 6.59. The molecule has 23 heavy (non-hydrogen) atoms. The van der Waals surface area contributed by atoms with Gasteiger partial charge >= 0.3 is 0 Å². The largest absolute Gasteiger partial charge is 0.377 e. The highest BCUT2D eigenvalue weighted by Gasteiger charge is 2.23. The number of sulfonamides is 1. The Balaban J connectivity index is 1.58. The molecule has 0 unspecified atom stereocenters. The van der Waals surface area contributed by atoms with Gasteiger partial charge in [-0.2, -0.15) is 0 Å².